The third kappa shape index (κ3) is 3.52. The maximum absolute atomic E-state index is 14.2. The van der Waals surface area contributed by atoms with E-state index in [-0.39, 0.29) is 11.2 Å². The minimum Gasteiger partial charge on any atom is -0.497 e. The molecule has 5 heteroatoms. The summed E-state index contributed by atoms with van der Waals surface area (Å²) in [6.45, 7) is 3.46. The van der Waals surface area contributed by atoms with Crippen molar-refractivity contribution in [2.45, 2.75) is 51.1 Å². The van der Waals surface area contributed by atoms with Gasteiger partial charge in [-0.05, 0) is 56.8 Å². The van der Waals surface area contributed by atoms with Gasteiger partial charge in [-0.2, -0.15) is 0 Å². The molecule has 1 amide bonds. The van der Waals surface area contributed by atoms with Crippen LogP contribution >= 0.6 is 0 Å². The van der Waals surface area contributed by atoms with Crippen molar-refractivity contribution < 1.29 is 13.9 Å². The Labute approximate surface area is 148 Å². The van der Waals surface area contributed by atoms with Crippen LogP contribution in [-0.2, 0) is 11.3 Å². The van der Waals surface area contributed by atoms with Crippen LogP contribution in [-0.4, -0.2) is 48.5 Å². The van der Waals surface area contributed by atoms with E-state index in [2.05, 4.69) is 9.80 Å². The van der Waals surface area contributed by atoms with Crippen molar-refractivity contribution in [1.29, 1.82) is 0 Å². The second-order valence-corrected chi connectivity index (χ2v) is 8.02. The second kappa shape index (κ2) is 6.60. The average molecular weight is 346 g/mol. The predicted octanol–water partition coefficient (Wildman–Crippen LogP) is 3.20. The van der Waals surface area contributed by atoms with E-state index in [9.17, 15) is 9.18 Å². The summed E-state index contributed by atoms with van der Waals surface area (Å²) in [5.41, 5.74) is 0.895. The molecule has 0 N–H and O–H groups in total. The number of methoxy groups -OCH3 is 1. The second-order valence-electron chi connectivity index (χ2n) is 8.02. The van der Waals surface area contributed by atoms with Gasteiger partial charge in [0.25, 0.3) is 0 Å². The van der Waals surface area contributed by atoms with Crippen LogP contribution in [0, 0.1) is 11.2 Å². The lowest BCUT2D eigenvalue weighted by Gasteiger charge is -2.48. The SMILES string of the molecule is COc1ccc(F)c(CN2CCCC3(CCC(=O)N(C4CC4)C3)C2)c1. The van der Waals surface area contributed by atoms with Gasteiger partial charge in [0.15, 0.2) is 0 Å². The minimum absolute atomic E-state index is 0.168. The third-order valence-electron chi connectivity index (χ3n) is 6.07. The van der Waals surface area contributed by atoms with E-state index in [4.69, 9.17) is 4.74 Å². The monoisotopic (exact) mass is 346 g/mol. The number of rotatable bonds is 4. The molecule has 1 aromatic carbocycles. The van der Waals surface area contributed by atoms with Crippen LogP contribution in [0.25, 0.3) is 0 Å². The molecule has 1 saturated carbocycles. The van der Waals surface area contributed by atoms with Crippen molar-refractivity contribution in [3.8, 4) is 5.75 Å². The Hall–Kier alpha value is -1.62. The first-order chi connectivity index (χ1) is 12.1. The highest BCUT2D eigenvalue weighted by Gasteiger charge is 2.45. The molecule has 0 radical (unpaired) electrons. The summed E-state index contributed by atoms with van der Waals surface area (Å²) in [4.78, 5) is 16.7. The first-order valence-corrected chi connectivity index (χ1v) is 9.43. The molecular weight excluding hydrogens is 319 g/mol. The van der Waals surface area contributed by atoms with Gasteiger partial charge in [-0.1, -0.05) is 0 Å². The van der Waals surface area contributed by atoms with Gasteiger partial charge in [-0.15, -0.1) is 0 Å². The smallest absolute Gasteiger partial charge is 0.222 e. The van der Waals surface area contributed by atoms with E-state index >= 15 is 0 Å². The van der Waals surface area contributed by atoms with Gasteiger partial charge in [0.05, 0.1) is 7.11 Å². The summed E-state index contributed by atoms with van der Waals surface area (Å²) in [5, 5.41) is 0. The molecule has 0 bridgehead atoms. The fourth-order valence-electron chi connectivity index (χ4n) is 4.58. The largest absolute Gasteiger partial charge is 0.497 e. The number of hydrogen-bond acceptors (Lipinski definition) is 3. The van der Waals surface area contributed by atoms with Crippen LogP contribution in [0.4, 0.5) is 4.39 Å². The van der Waals surface area contributed by atoms with Gasteiger partial charge in [-0.3, -0.25) is 9.69 Å². The van der Waals surface area contributed by atoms with Gasteiger partial charge in [0.2, 0.25) is 5.91 Å². The number of ether oxygens (including phenoxy) is 1. The third-order valence-corrected chi connectivity index (χ3v) is 6.07. The summed E-state index contributed by atoms with van der Waals surface area (Å²) in [6.07, 6.45) is 6.30. The highest BCUT2D eigenvalue weighted by Crippen LogP contribution is 2.42. The van der Waals surface area contributed by atoms with Crippen LogP contribution in [0.15, 0.2) is 18.2 Å². The normalized spacial score (nSPS) is 27.8. The highest BCUT2D eigenvalue weighted by atomic mass is 19.1. The molecule has 4 nitrogen and oxygen atoms in total. The topological polar surface area (TPSA) is 32.8 Å². The van der Waals surface area contributed by atoms with Gasteiger partial charge in [0, 0.05) is 43.1 Å². The maximum atomic E-state index is 14.2. The number of halogens is 1. The number of amides is 1. The molecule has 1 spiro atoms. The molecule has 0 aromatic heterocycles. The van der Waals surface area contributed by atoms with Crippen molar-refractivity contribution in [1.82, 2.24) is 9.80 Å². The van der Waals surface area contributed by atoms with Crippen molar-refractivity contribution in [2.24, 2.45) is 5.41 Å². The number of carbonyl (C=O) groups excluding carboxylic acids is 1. The van der Waals surface area contributed by atoms with E-state index in [1.54, 1.807) is 19.2 Å². The van der Waals surface area contributed by atoms with Gasteiger partial charge in [-0.25, -0.2) is 4.39 Å². The summed E-state index contributed by atoms with van der Waals surface area (Å²) in [7, 11) is 1.61. The molecule has 2 aliphatic heterocycles. The number of nitrogens with zero attached hydrogens (tertiary/aromatic N) is 2. The van der Waals surface area contributed by atoms with Crippen molar-refractivity contribution in [3.63, 3.8) is 0 Å². The molecule has 1 atom stereocenters. The van der Waals surface area contributed by atoms with E-state index in [1.165, 1.54) is 25.3 Å². The summed E-state index contributed by atoms with van der Waals surface area (Å²) in [6, 6.07) is 5.45. The van der Waals surface area contributed by atoms with Gasteiger partial charge >= 0.3 is 0 Å². The Morgan fingerprint density at radius 3 is 2.88 bits per heavy atom. The van der Waals surface area contributed by atoms with E-state index in [0.717, 1.165) is 32.5 Å². The lowest BCUT2D eigenvalue weighted by atomic mass is 9.73. The summed E-state index contributed by atoms with van der Waals surface area (Å²) in [5.74, 6) is 0.870. The number of benzene rings is 1. The average Bonchev–Trinajstić information content (AvgIpc) is 3.45. The van der Waals surface area contributed by atoms with Crippen LogP contribution in [0.3, 0.4) is 0 Å². The highest BCUT2D eigenvalue weighted by molar-refractivity contribution is 5.78. The van der Waals surface area contributed by atoms with Crippen LogP contribution in [0.5, 0.6) is 5.75 Å². The fourth-order valence-corrected chi connectivity index (χ4v) is 4.58. The van der Waals surface area contributed by atoms with E-state index in [1.807, 2.05) is 0 Å². The zero-order valence-electron chi connectivity index (χ0n) is 15.0. The Bertz CT molecular complexity index is 661. The Morgan fingerprint density at radius 1 is 1.28 bits per heavy atom. The molecule has 3 fully saturated rings. The summed E-state index contributed by atoms with van der Waals surface area (Å²) >= 11 is 0. The molecule has 1 aromatic rings. The van der Waals surface area contributed by atoms with Gasteiger partial charge in [0.1, 0.15) is 11.6 Å². The maximum Gasteiger partial charge on any atom is 0.222 e. The van der Waals surface area contributed by atoms with Gasteiger partial charge < -0.3 is 9.64 Å². The van der Waals surface area contributed by atoms with Crippen molar-refractivity contribution >= 4 is 5.91 Å². The molecule has 2 saturated heterocycles. The zero-order valence-corrected chi connectivity index (χ0v) is 15.0. The standard InChI is InChI=1S/C20H27FN2O2/c1-25-17-5-6-18(21)15(11-17)12-22-10-2-8-20(13-22)9-7-19(24)23(14-20)16-3-4-16/h5-6,11,16H,2-4,7-10,12-14H2,1H3. The molecule has 1 aliphatic carbocycles. The lowest BCUT2D eigenvalue weighted by molar-refractivity contribution is -0.140. The number of likely N-dealkylation sites (tertiary alicyclic amines) is 2. The van der Waals surface area contributed by atoms with Crippen molar-refractivity contribution in [2.75, 3.05) is 26.7 Å². The summed E-state index contributed by atoms with van der Waals surface area (Å²) < 4.78 is 19.4. The Morgan fingerprint density at radius 2 is 2.12 bits per heavy atom. The van der Waals surface area contributed by atoms with Crippen LogP contribution in [0.1, 0.15) is 44.1 Å². The molecular formula is C20H27FN2O2. The quantitative estimate of drug-likeness (QED) is 0.839. The first-order valence-electron chi connectivity index (χ1n) is 9.43. The number of carbonyl (C=O) groups is 1. The number of piperidine rings is 2. The van der Waals surface area contributed by atoms with Crippen molar-refractivity contribution in [3.05, 3.63) is 29.6 Å². The zero-order chi connectivity index (χ0) is 17.4. The van der Waals surface area contributed by atoms with E-state index in [0.29, 0.717) is 36.2 Å². The molecule has 25 heavy (non-hydrogen) atoms. The molecule has 4 rings (SSSR count). The molecule has 1 unspecified atom stereocenters. The molecule has 2 heterocycles. The predicted molar refractivity (Wildman–Crippen MR) is 93.9 cm³/mol. The van der Waals surface area contributed by atoms with E-state index < -0.39 is 0 Å². The Kier molecular flexibility index (Phi) is 4.44. The number of hydrogen-bond donors (Lipinski definition) is 0. The Balaban J connectivity index is 1.46. The van der Waals surface area contributed by atoms with Crippen LogP contribution in [0.2, 0.25) is 0 Å². The first kappa shape index (κ1) is 16.8. The van der Waals surface area contributed by atoms with Crippen LogP contribution < -0.4 is 4.74 Å². The fraction of sp³-hybridized carbons (Fsp3) is 0.650. The molecule has 3 aliphatic rings. The molecule has 136 valence electrons. The minimum atomic E-state index is -0.168. The lowest BCUT2D eigenvalue weighted by Crippen LogP contribution is -2.54.